The molecule has 2 saturated heterocycles. The molecule has 0 aromatic heterocycles. The Bertz CT molecular complexity index is 570. The van der Waals surface area contributed by atoms with Gasteiger partial charge in [-0.25, -0.2) is 0 Å². The lowest BCUT2D eigenvalue weighted by molar-refractivity contribution is 0.0334. The standard InChI is InChI=1S/C20H31BrN2O3/c1-24-18-4-3-17(19(21)20(18)25-2)15-23-9-6-16(7-10-23)5-8-22-11-13-26-14-12-22/h3-4,16H,5-15H2,1-2H3. The second kappa shape index (κ2) is 9.93. The number of piperidine rings is 1. The van der Waals surface area contributed by atoms with Gasteiger partial charge < -0.3 is 14.2 Å². The number of nitrogens with zero attached hydrogens (tertiary/aromatic N) is 2. The third-order valence-corrected chi connectivity index (χ3v) is 6.49. The molecule has 2 heterocycles. The summed E-state index contributed by atoms with van der Waals surface area (Å²) in [6, 6.07) is 4.13. The Morgan fingerprint density at radius 3 is 2.42 bits per heavy atom. The first-order chi connectivity index (χ1) is 12.7. The van der Waals surface area contributed by atoms with Crippen LogP contribution < -0.4 is 9.47 Å². The quantitative estimate of drug-likeness (QED) is 0.667. The maximum Gasteiger partial charge on any atom is 0.175 e. The molecule has 2 aliphatic rings. The highest BCUT2D eigenvalue weighted by molar-refractivity contribution is 9.10. The van der Waals surface area contributed by atoms with Crippen LogP contribution in [-0.2, 0) is 11.3 Å². The van der Waals surface area contributed by atoms with Crippen molar-refractivity contribution < 1.29 is 14.2 Å². The maximum atomic E-state index is 5.50. The van der Waals surface area contributed by atoms with E-state index in [0.29, 0.717) is 0 Å². The van der Waals surface area contributed by atoms with Crippen LogP contribution in [0.4, 0.5) is 0 Å². The summed E-state index contributed by atoms with van der Waals surface area (Å²) in [6.45, 7) is 8.55. The summed E-state index contributed by atoms with van der Waals surface area (Å²) >= 11 is 3.69. The topological polar surface area (TPSA) is 34.2 Å². The van der Waals surface area contributed by atoms with Crippen LogP contribution in [0.5, 0.6) is 11.5 Å². The van der Waals surface area contributed by atoms with E-state index >= 15 is 0 Å². The molecule has 1 aromatic rings. The largest absolute Gasteiger partial charge is 0.493 e. The molecule has 0 amide bonds. The van der Waals surface area contributed by atoms with Gasteiger partial charge in [0.1, 0.15) is 0 Å². The molecule has 0 atom stereocenters. The van der Waals surface area contributed by atoms with Crippen molar-refractivity contribution in [3.05, 3.63) is 22.2 Å². The monoisotopic (exact) mass is 426 g/mol. The fourth-order valence-corrected chi connectivity index (χ4v) is 4.53. The van der Waals surface area contributed by atoms with Gasteiger partial charge in [-0.3, -0.25) is 9.80 Å². The molecule has 0 spiro atoms. The zero-order valence-electron chi connectivity index (χ0n) is 16.0. The summed E-state index contributed by atoms with van der Waals surface area (Å²) in [6.07, 6.45) is 3.93. The number of morpholine rings is 1. The molecule has 1 aromatic carbocycles. The Morgan fingerprint density at radius 2 is 1.77 bits per heavy atom. The number of hydrogen-bond donors (Lipinski definition) is 0. The van der Waals surface area contributed by atoms with E-state index in [2.05, 4.69) is 31.8 Å². The Balaban J connectivity index is 1.46. The first kappa shape index (κ1) is 19.9. The van der Waals surface area contributed by atoms with E-state index in [1.165, 1.54) is 44.5 Å². The summed E-state index contributed by atoms with van der Waals surface area (Å²) in [4.78, 5) is 5.11. The molecule has 2 aliphatic heterocycles. The van der Waals surface area contributed by atoms with Gasteiger partial charge in [0.05, 0.1) is 31.9 Å². The number of hydrogen-bond acceptors (Lipinski definition) is 5. The normalized spacial score (nSPS) is 20.3. The van der Waals surface area contributed by atoms with E-state index in [0.717, 1.165) is 54.7 Å². The van der Waals surface area contributed by atoms with Crippen molar-refractivity contribution in [2.24, 2.45) is 5.92 Å². The van der Waals surface area contributed by atoms with E-state index < -0.39 is 0 Å². The summed E-state index contributed by atoms with van der Waals surface area (Å²) in [5.41, 5.74) is 1.26. The molecular formula is C20H31BrN2O3. The molecule has 26 heavy (non-hydrogen) atoms. The van der Waals surface area contributed by atoms with Gasteiger partial charge in [0.2, 0.25) is 0 Å². The first-order valence-electron chi connectivity index (χ1n) is 9.63. The smallest absolute Gasteiger partial charge is 0.175 e. The van der Waals surface area contributed by atoms with E-state index in [9.17, 15) is 0 Å². The molecule has 0 bridgehead atoms. The Hall–Kier alpha value is -0.820. The lowest BCUT2D eigenvalue weighted by atomic mass is 9.93. The molecule has 0 N–H and O–H groups in total. The lowest BCUT2D eigenvalue weighted by Crippen LogP contribution is -2.39. The molecular weight excluding hydrogens is 396 g/mol. The number of rotatable bonds is 7. The SMILES string of the molecule is COc1ccc(CN2CCC(CCN3CCOCC3)CC2)c(Br)c1OC. The Labute approximate surface area is 165 Å². The van der Waals surface area contributed by atoms with Crippen LogP contribution >= 0.6 is 15.9 Å². The first-order valence-corrected chi connectivity index (χ1v) is 10.4. The van der Waals surface area contributed by atoms with Crippen molar-refractivity contribution in [1.82, 2.24) is 9.80 Å². The van der Waals surface area contributed by atoms with Gasteiger partial charge in [0.15, 0.2) is 11.5 Å². The maximum absolute atomic E-state index is 5.50. The minimum Gasteiger partial charge on any atom is -0.493 e. The van der Waals surface area contributed by atoms with Crippen molar-refractivity contribution in [3.63, 3.8) is 0 Å². The summed E-state index contributed by atoms with van der Waals surface area (Å²) in [5.74, 6) is 2.42. The van der Waals surface area contributed by atoms with Crippen LogP contribution in [-0.4, -0.2) is 70.0 Å². The molecule has 5 nitrogen and oxygen atoms in total. The predicted octanol–water partition coefficient (Wildman–Crippen LogP) is 3.40. The van der Waals surface area contributed by atoms with Crippen LogP contribution in [0.2, 0.25) is 0 Å². The number of benzene rings is 1. The van der Waals surface area contributed by atoms with Crippen molar-refractivity contribution in [2.45, 2.75) is 25.8 Å². The van der Waals surface area contributed by atoms with Crippen molar-refractivity contribution in [3.8, 4) is 11.5 Å². The van der Waals surface area contributed by atoms with Gasteiger partial charge in [0, 0.05) is 19.6 Å². The van der Waals surface area contributed by atoms with Gasteiger partial charge in [-0.2, -0.15) is 0 Å². The van der Waals surface area contributed by atoms with Crippen LogP contribution in [0.15, 0.2) is 16.6 Å². The molecule has 0 unspecified atom stereocenters. The van der Waals surface area contributed by atoms with Crippen LogP contribution in [0.3, 0.4) is 0 Å². The molecule has 146 valence electrons. The summed E-state index contributed by atoms with van der Waals surface area (Å²) in [5, 5.41) is 0. The van der Waals surface area contributed by atoms with Crippen LogP contribution in [0.25, 0.3) is 0 Å². The number of likely N-dealkylation sites (tertiary alicyclic amines) is 1. The summed E-state index contributed by atoms with van der Waals surface area (Å²) in [7, 11) is 3.36. The van der Waals surface area contributed by atoms with E-state index in [1.54, 1.807) is 14.2 Å². The number of halogens is 1. The highest BCUT2D eigenvalue weighted by Crippen LogP contribution is 2.38. The second-order valence-corrected chi connectivity index (χ2v) is 8.03. The fraction of sp³-hybridized carbons (Fsp3) is 0.700. The van der Waals surface area contributed by atoms with Gasteiger partial charge in [-0.05, 0) is 72.4 Å². The molecule has 0 aliphatic carbocycles. The van der Waals surface area contributed by atoms with Gasteiger partial charge >= 0.3 is 0 Å². The third-order valence-electron chi connectivity index (χ3n) is 5.62. The second-order valence-electron chi connectivity index (χ2n) is 7.24. The van der Waals surface area contributed by atoms with Gasteiger partial charge in [-0.15, -0.1) is 0 Å². The molecule has 0 saturated carbocycles. The van der Waals surface area contributed by atoms with E-state index in [-0.39, 0.29) is 0 Å². The molecule has 3 rings (SSSR count). The van der Waals surface area contributed by atoms with E-state index in [1.807, 2.05) is 6.07 Å². The molecule has 6 heteroatoms. The van der Waals surface area contributed by atoms with Crippen LogP contribution in [0.1, 0.15) is 24.8 Å². The minimum absolute atomic E-state index is 0.768. The molecule has 2 fully saturated rings. The predicted molar refractivity (Wildman–Crippen MR) is 107 cm³/mol. The Kier molecular flexibility index (Phi) is 7.61. The lowest BCUT2D eigenvalue weighted by Gasteiger charge is -2.34. The van der Waals surface area contributed by atoms with Crippen molar-refractivity contribution >= 4 is 15.9 Å². The highest BCUT2D eigenvalue weighted by Gasteiger charge is 2.22. The van der Waals surface area contributed by atoms with Gasteiger partial charge in [0.25, 0.3) is 0 Å². The number of methoxy groups -OCH3 is 2. The highest BCUT2D eigenvalue weighted by atomic mass is 79.9. The zero-order valence-corrected chi connectivity index (χ0v) is 17.6. The van der Waals surface area contributed by atoms with Crippen LogP contribution in [0, 0.1) is 5.92 Å². The van der Waals surface area contributed by atoms with Gasteiger partial charge in [-0.1, -0.05) is 6.07 Å². The zero-order chi connectivity index (χ0) is 18.4. The average molecular weight is 427 g/mol. The Morgan fingerprint density at radius 1 is 1.04 bits per heavy atom. The van der Waals surface area contributed by atoms with Crippen molar-refractivity contribution in [1.29, 1.82) is 0 Å². The summed E-state index contributed by atoms with van der Waals surface area (Å²) < 4.78 is 17.3. The average Bonchev–Trinajstić information content (AvgIpc) is 2.69. The van der Waals surface area contributed by atoms with E-state index in [4.69, 9.17) is 14.2 Å². The minimum atomic E-state index is 0.768. The van der Waals surface area contributed by atoms with Crippen molar-refractivity contribution in [2.75, 3.05) is 60.2 Å². The third kappa shape index (κ3) is 5.12. The number of ether oxygens (including phenoxy) is 3. The molecule has 0 radical (unpaired) electrons. The fourth-order valence-electron chi connectivity index (χ4n) is 3.92.